The minimum Gasteiger partial charge on any atom is -0.339 e. The smallest absolute Gasteiger partial charge is 0.246 e. The lowest BCUT2D eigenvalue weighted by molar-refractivity contribution is -0.139. The van der Waals surface area contributed by atoms with E-state index in [2.05, 4.69) is 0 Å². The molecule has 0 spiro atoms. The van der Waals surface area contributed by atoms with Crippen LogP contribution in [-0.4, -0.2) is 47.8 Å². The molecule has 1 fully saturated rings. The number of carbonyl (C=O) groups is 2. The lowest BCUT2D eigenvalue weighted by Crippen LogP contribution is -2.51. The van der Waals surface area contributed by atoms with E-state index in [1.54, 1.807) is 29.2 Å². The Morgan fingerprint density at radius 2 is 1.65 bits per heavy atom. The van der Waals surface area contributed by atoms with Gasteiger partial charge in [0.25, 0.3) is 0 Å². The molecule has 0 atom stereocenters. The zero-order valence-corrected chi connectivity index (χ0v) is 14.8. The van der Waals surface area contributed by atoms with Gasteiger partial charge in [-0.2, -0.15) is 0 Å². The second-order valence-electron chi connectivity index (χ2n) is 5.81. The highest BCUT2D eigenvalue weighted by atomic mass is 35.5. The Hall–Kier alpha value is -1.52. The quantitative estimate of drug-likeness (QED) is 0.781. The van der Waals surface area contributed by atoms with Crippen LogP contribution in [0, 0.1) is 5.92 Å². The molecule has 0 unspecified atom stereocenters. The molecule has 1 aromatic carbocycles. The minimum atomic E-state index is -0.0623. The van der Waals surface area contributed by atoms with Crippen molar-refractivity contribution >= 4 is 41.1 Å². The van der Waals surface area contributed by atoms with E-state index in [1.165, 1.54) is 6.08 Å². The molecule has 2 rings (SSSR count). The topological polar surface area (TPSA) is 40.6 Å². The lowest BCUT2D eigenvalue weighted by atomic mass is 10.1. The summed E-state index contributed by atoms with van der Waals surface area (Å²) in [6.07, 6.45) is 3.25. The van der Waals surface area contributed by atoms with E-state index in [0.29, 0.717) is 36.2 Å². The van der Waals surface area contributed by atoms with Gasteiger partial charge >= 0.3 is 0 Å². The van der Waals surface area contributed by atoms with Gasteiger partial charge in [0, 0.05) is 38.2 Å². The van der Waals surface area contributed by atoms with Crippen LogP contribution in [0.3, 0.4) is 0 Å². The maximum Gasteiger partial charge on any atom is 0.246 e. The Bertz CT molecular complexity index is 621. The second kappa shape index (κ2) is 7.84. The summed E-state index contributed by atoms with van der Waals surface area (Å²) in [6, 6.07) is 5.22. The molecule has 6 heteroatoms. The first-order valence-corrected chi connectivity index (χ1v) is 8.35. The normalized spacial score (nSPS) is 15.5. The van der Waals surface area contributed by atoms with Crippen LogP contribution in [0.25, 0.3) is 6.08 Å². The van der Waals surface area contributed by atoms with Crippen molar-refractivity contribution in [2.24, 2.45) is 5.92 Å². The summed E-state index contributed by atoms with van der Waals surface area (Å²) < 4.78 is 0. The summed E-state index contributed by atoms with van der Waals surface area (Å²) in [7, 11) is 0. The molecule has 2 amide bonds. The molecular formula is C17H20Cl2N2O2. The molecule has 1 aliphatic rings. The van der Waals surface area contributed by atoms with Crippen molar-refractivity contribution in [3.05, 3.63) is 39.9 Å². The molecular weight excluding hydrogens is 335 g/mol. The SMILES string of the molecule is CC(C)C(=O)N1CCN(C(=O)/C=C\c2ccc(Cl)c(Cl)c2)CC1. The van der Waals surface area contributed by atoms with Crippen molar-refractivity contribution in [1.29, 1.82) is 0 Å². The summed E-state index contributed by atoms with van der Waals surface area (Å²) in [5.74, 6) is 0.0722. The molecule has 1 aromatic rings. The van der Waals surface area contributed by atoms with Crippen molar-refractivity contribution in [1.82, 2.24) is 9.80 Å². The summed E-state index contributed by atoms with van der Waals surface area (Å²) in [6.45, 7) is 6.07. The van der Waals surface area contributed by atoms with Gasteiger partial charge in [0.15, 0.2) is 0 Å². The average molecular weight is 355 g/mol. The number of benzene rings is 1. The molecule has 1 heterocycles. The minimum absolute atomic E-state index is 0.00759. The van der Waals surface area contributed by atoms with Gasteiger partial charge in [-0.05, 0) is 23.8 Å². The number of rotatable bonds is 3. The number of halogens is 2. The van der Waals surface area contributed by atoms with Crippen molar-refractivity contribution < 1.29 is 9.59 Å². The molecule has 0 bridgehead atoms. The predicted octanol–water partition coefficient (Wildman–Crippen LogP) is 3.33. The van der Waals surface area contributed by atoms with Gasteiger partial charge in [-0.1, -0.05) is 43.1 Å². The van der Waals surface area contributed by atoms with Crippen LogP contribution in [0.15, 0.2) is 24.3 Å². The average Bonchev–Trinajstić information content (AvgIpc) is 2.55. The van der Waals surface area contributed by atoms with E-state index in [4.69, 9.17) is 23.2 Å². The molecule has 4 nitrogen and oxygen atoms in total. The fraction of sp³-hybridized carbons (Fsp3) is 0.412. The Morgan fingerprint density at radius 3 is 2.22 bits per heavy atom. The monoisotopic (exact) mass is 354 g/mol. The largest absolute Gasteiger partial charge is 0.339 e. The number of carbonyl (C=O) groups excluding carboxylic acids is 2. The fourth-order valence-corrected chi connectivity index (χ4v) is 2.71. The fourth-order valence-electron chi connectivity index (χ4n) is 2.40. The number of piperazine rings is 1. The van der Waals surface area contributed by atoms with Gasteiger partial charge in [-0.25, -0.2) is 0 Å². The number of amides is 2. The van der Waals surface area contributed by atoms with Gasteiger partial charge in [0.05, 0.1) is 10.0 Å². The summed E-state index contributed by atoms with van der Waals surface area (Å²) in [5.41, 5.74) is 0.821. The van der Waals surface area contributed by atoms with Crippen molar-refractivity contribution in [3.8, 4) is 0 Å². The highest BCUT2D eigenvalue weighted by Gasteiger charge is 2.24. The molecule has 0 aromatic heterocycles. The third-order valence-electron chi connectivity index (χ3n) is 3.76. The molecule has 1 aliphatic heterocycles. The van der Waals surface area contributed by atoms with E-state index < -0.39 is 0 Å². The Kier molecular flexibility index (Phi) is 6.08. The van der Waals surface area contributed by atoms with Gasteiger partial charge < -0.3 is 9.80 Å². The summed E-state index contributed by atoms with van der Waals surface area (Å²) in [4.78, 5) is 27.7. The molecule has 0 saturated carbocycles. The number of nitrogens with zero attached hydrogens (tertiary/aromatic N) is 2. The van der Waals surface area contributed by atoms with Gasteiger partial charge in [0.1, 0.15) is 0 Å². The highest BCUT2D eigenvalue weighted by Crippen LogP contribution is 2.23. The van der Waals surface area contributed by atoms with Crippen LogP contribution in [0.4, 0.5) is 0 Å². The zero-order valence-electron chi connectivity index (χ0n) is 13.3. The Labute approximate surface area is 146 Å². The van der Waals surface area contributed by atoms with E-state index in [-0.39, 0.29) is 17.7 Å². The van der Waals surface area contributed by atoms with Crippen LogP contribution >= 0.6 is 23.2 Å². The van der Waals surface area contributed by atoms with Crippen molar-refractivity contribution in [2.75, 3.05) is 26.2 Å². The number of hydrogen-bond donors (Lipinski definition) is 0. The molecule has 0 N–H and O–H groups in total. The van der Waals surface area contributed by atoms with E-state index >= 15 is 0 Å². The summed E-state index contributed by atoms with van der Waals surface area (Å²) >= 11 is 11.8. The van der Waals surface area contributed by atoms with E-state index in [0.717, 1.165) is 5.56 Å². The summed E-state index contributed by atoms with van der Waals surface area (Å²) in [5, 5.41) is 0.947. The highest BCUT2D eigenvalue weighted by molar-refractivity contribution is 6.42. The number of hydrogen-bond acceptors (Lipinski definition) is 2. The maximum atomic E-state index is 12.2. The first kappa shape index (κ1) is 17.8. The molecule has 0 aliphatic carbocycles. The molecule has 124 valence electrons. The van der Waals surface area contributed by atoms with Crippen molar-refractivity contribution in [3.63, 3.8) is 0 Å². The molecule has 23 heavy (non-hydrogen) atoms. The Balaban J connectivity index is 1.91. The third kappa shape index (κ3) is 4.72. The van der Waals surface area contributed by atoms with E-state index in [9.17, 15) is 9.59 Å². The van der Waals surface area contributed by atoms with Gasteiger partial charge in [0.2, 0.25) is 11.8 Å². The van der Waals surface area contributed by atoms with Gasteiger partial charge in [-0.15, -0.1) is 0 Å². The Morgan fingerprint density at radius 1 is 1.04 bits per heavy atom. The molecule has 0 radical (unpaired) electrons. The molecule has 1 saturated heterocycles. The third-order valence-corrected chi connectivity index (χ3v) is 4.50. The van der Waals surface area contributed by atoms with Crippen LogP contribution in [0.5, 0.6) is 0 Å². The van der Waals surface area contributed by atoms with Crippen molar-refractivity contribution in [2.45, 2.75) is 13.8 Å². The van der Waals surface area contributed by atoms with E-state index in [1.807, 2.05) is 18.7 Å². The van der Waals surface area contributed by atoms with Crippen LogP contribution in [-0.2, 0) is 9.59 Å². The zero-order chi connectivity index (χ0) is 17.0. The van der Waals surface area contributed by atoms with Crippen LogP contribution in [0.2, 0.25) is 10.0 Å². The lowest BCUT2D eigenvalue weighted by Gasteiger charge is -2.35. The first-order valence-electron chi connectivity index (χ1n) is 7.59. The van der Waals surface area contributed by atoms with Crippen LogP contribution < -0.4 is 0 Å². The predicted molar refractivity (Wildman–Crippen MR) is 93.5 cm³/mol. The van der Waals surface area contributed by atoms with Gasteiger partial charge in [-0.3, -0.25) is 9.59 Å². The standard InChI is InChI=1S/C17H20Cl2N2O2/c1-12(2)17(23)21-9-7-20(8-10-21)16(22)6-4-13-3-5-14(18)15(19)11-13/h3-6,11-12H,7-10H2,1-2H3/b6-4-. The second-order valence-corrected chi connectivity index (χ2v) is 6.63. The van der Waals surface area contributed by atoms with Crippen LogP contribution in [0.1, 0.15) is 19.4 Å². The first-order chi connectivity index (χ1) is 10.9. The maximum absolute atomic E-state index is 12.2.